The number of nitrogens with zero attached hydrogens (tertiary/aromatic N) is 1. The van der Waals surface area contributed by atoms with Gasteiger partial charge >= 0.3 is 5.97 Å². The summed E-state index contributed by atoms with van der Waals surface area (Å²) in [6.07, 6.45) is 0.0140. The molecule has 0 saturated heterocycles. The third kappa shape index (κ3) is 5.97. The van der Waals surface area contributed by atoms with Crippen molar-refractivity contribution < 1.29 is 19.0 Å². The van der Waals surface area contributed by atoms with Crippen LogP contribution in [0.25, 0.3) is 0 Å². The van der Waals surface area contributed by atoms with Crippen LogP contribution >= 0.6 is 34.5 Å². The van der Waals surface area contributed by atoms with Crippen LogP contribution in [-0.4, -0.2) is 44.5 Å². The Kier molecular flexibility index (Phi) is 7.53. The van der Waals surface area contributed by atoms with Gasteiger partial charge in [0, 0.05) is 7.11 Å². The van der Waals surface area contributed by atoms with E-state index in [0.29, 0.717) is 34.3 Å². The smallest absolute Gasteiger partial charge is 0.312 e. The van der Waals surface area contributed by atoms with Crippen molar-refractivity contribution in [1.29, 1.82) is 0 Å². The molecule has 8 heteroatoms. The normalized spacial score (nSPS) is 10.6. The van der Waals surface area contributed by atoms with Crippen LogP contribution in [-0.2, 0) is 25.4 Å². The molecule has 0 fully saturated rings. The Bertz CT molecular complexity index is 386. The Balaban J connectivity index is 2.16. The molecule has 5 nitrogen and oxygen atoms in total. The fourth-order valence-corrected chi connectivity index (χ4v) is 2.38. The zero-order chi connectivity index (χ0) is 13.4. The van der Waals surface area contributed by atoms with E-state index in [1.165, 1.54) is 0 Å². The summed E-state index contributed by atoms with van der Waals surface area (Å²) in [5, 5.41) is 0. The molecule has 1 heterocycles. The second-order valence-electron chi connectivity index (χ2n) is 3.19. The molecule has 0 saturated carbocycles. The molecular formula is C10H13Cl2NO4S. The number of carbonyl (C=O) groups is 1. The van der Waals surface area contributed by atoms with Gasteiger partial charge in [0.25, 0.3) is 0 Å². The number of esters is 1. The zero-order valence-electron chi connectivity index (χ0n) is 9.78. The van der Waals surface area contributed by atoms with E-state index in [2.05, 4.69) is 4.98 Å². The molecule has 0 amide bonds. The maximum atomic E-state index is 11.4. The first kappa shape index (κ1) is 15.7. The van der Waals surface area contributed by atoms with E-state index in [9.17, 15) is 4.79 Å². The van der Waals surface area contributed by atoms with Gasteiger partial charge < -0.3 is 14.2 Å². The lowest BCUT2D eigenvalue weighted by molar-refractivity contribution is -0.144. The first-order valence-corrected chi connectivity index (χ1v) is 6.73. The number of aromatic nitrogens is 1. The number of hydrogen-bond donors (Lipinski definition) is 0. The summed E-state index contributed by atoms with van der Waals surface area (Å²) in [5.74, 6) is -0.408. The average Bonchev–Trinajstić information content (AvgIpc) is 2.62. The number of thiazole rings is 1. The quantitative estimate of drug-likeness (QED) is 0.544. The molecule has 0 aliphatic heterocycles. The maximum Gasteiger partial charge on any atom is 0.312 e. The number of ether oxygens (including phenoxy) is 3. The summed E-state index contributed by atoms with van der Waals surface area (Å²) in [6, 6.07) is 0. The third-order valence-corrected chi connectivity index (χ3v) is 3.30. The summed E-state index contributed by atoms with van der Waals surface area (Å²) in [5.41, 5.74) is 0.442. The Morgan fingerprint density at radius 3 is 2.61 bits per heavy atom. The van der Waals surface area contributed by atoms with Crippen LogP contribution < -0.4 is 0 Å². The van der Waals surface area contributed by atoms with Crippen molar-refractivity contribution >= 4 is 40.5 Å². The Morgan fingerprint density at radius 2 is 2.00 bits per heavy atom. The molecule has 0 spiro atoms. The van der Waals surface area contributed by atoms with Crippen molar-refractivity contribution in [2.45, 2.75) is 6.42 Å². The van der Waals surface area contributed by atoms with Gasteiger partial charge in [-0.2, -0.15) is 0 Å². The molecule has 1 aromatic heterocycles. The van der Waals surface area contributed by atoms with E-state index >= 15 is 0 Å². The van der Waals surface area contributed by atoms with Gasteiger partial charge in [-0.05, 0) is 0 Å². The molecule has 0 bridgehead atoms. The summed E-state index contributed by atoms with van der Waals surface area (Å²) < 4.78 is 15.6. The van der Waals surface area contributed by atoms with Gasteiger partial charge in [-0.25, -0.2) is 4.98 Å². The minimum absolute atomic E-state index is 0.0140. The second-order valence-corrected chi connectivity index (χ2v) is 5.37. The largest absolute Gasteiger partial charge is 0.463 e. The third-order valence-electron chi connectivity index (χ3n) is 1.86. The maximum absolute atomic E-state index is 11.4. The zero-order valence-corrected chi connectivity index (χ0v) is 12.1. The van der Waals surface area contributed by atoms with Crippen LogP contribution in [0.5, 0.6) is 0 Å². The van der Waals surface area contributed by atoms with Crippen LogP contribution in [0.1, 0.15) is 5.69 Å². The molecule has 18 heavy (non-hydrogen) atoms. The fraction of sp³-hybridized carbons (Fsp3) is 0.600. The lowest BCUT2D eigenvalue weighted by Crippen LogP contribution is -2.14. The molecule has 0 aliphatic carbocycles. The van der Waals surface area contributed by atoms with Crippen molar-refractivity contribution in [3.05, 3.63) is 14.5 Å². The van der Waals surface area contributed by atoms with Crippen molar-refractivity contribution in [3.63, 3.8) is 0 Å². The van der Waals surface area contributed by atoms with Gasteiger partial charge in [0.2, 0.25) is 0 Å². The molecule has 0 unspecified atom stereocenters. The van der Waals surface area contributed by atoms with Gasteiger partial charge in [-0.15, -0.1) is 0 Å². The average molecular weight is 314 g/mol. The minimum Gasteiger partial charge on any atom is -0.463 e. The van der Waals surface area contributed by atoms with Gasteiger partial charge in [0.1, 0.15) is 10.9 Å². The first-order chi connectivity index (χ1) is 8.63. The lowest BCUT2D eigenvalue weighted by Gasteiger charge is -2.05. The second kappa shape index (κ2) is 8.66. The molecule has 1 rings (SSSR count). The van der Waals surface area contributed by atoms with Gasteiger partial charge in [-0.3, -0.25) is 4.79 Å². The van der Waals surface area contributed by atoms with Gasteiger partial charge in [0.05, 0.1) is 31.9 Å². The number of rotatable bonds is 8. The fourth-order valence-electron chi connectivity index (χ4n) is 1.06. The summed E-state index contributed by atoms with van der Waals surface area (Å²) in [6.45, 7) is 1.52. The molecule has 102 valence electrons. The van der Waals surface area contributed by atoms with Crippen LogP contribution in [0.2, 0.25) is 8.80 Å². The first-order valence-electron chi connectivity index (χ1n) is 5.16. The van der Waals surface area contributed by atoms with Crippen molar-refractivity contribution in [2.75, 3.05) is 33.5 Å². The predicted octanol–water partition coefficient (Wildman–Crippen LogP) is 2.20. The SMILES string of the molecule is COCCOCCOC(=O)Cc1nc(Cl)sc1Cl. The standard InChI is InChI=1S/C10H13Cl2NO4S/c1-15-2-3-16-4-5-17-8(14)6-7-9(11)18-10(12)13-7/h2-6H2,1H3. The van der Waals surface area contributed by atoms with Crippen LogP contribution in [0, 0.1) is 0 Å². The Morgan fingerprint density at radius 1 is 1.28 bits per heavy atom. The molecule has 0 N–H and O–H groups in total. The topological polar surface area (TPSA) is 57.7 Å². The molecule has 0 aliphatic rings. The highest BCUT2D eigenvalue weighted by atomic mass is 35.5. The van der Waals surface area contributed by atoms with Crippen molar-refractivity contribution in [2.24, 2.45) is 0 Å². The summed E-state index contributed by atoms with van der Waals surface area (Å²) in [7, 11) is 1.59. The number of methoxy groups -OCH3 is 1. The van der Waals surface area contributed by atoms with Crippen LogP contribution in [0.15, 0.2) is 0 Å². The minimum atomic E-state index is -0.408. The predicted molar refractivity (Wildman–Crippen MR) is 69.5 cm³/mol. The van der Waals surface area contributed by atoms with Gasteiger partial charge in [0.15, 0.2) is 4.47 Å². The van der Waals surface area contributed by atoms with E-state index in [1.54, 1.807) is 7.11 Å². The number of hydrogen-bond acceptors (Lipinski definition) is 6. The van der Waals surface area contributed by atoms with Crippen molar-refractivity contribution in [3.8, 4) is 0 Å². The van der Waals surface area contributed by atoms with E-state index in [0.717, 1.165) is 11.3 Å². The molecule has 0 aromatic carbocycles. The highest BCUT2D eigenvalue weighted by molar-refractivity contribution is 7.19. The molecular weight excluding hydrogens is 301 g/mol. The molecule has 0 atom stereocenters. The van der Waals surface area contributed by atoms with Crippen LogP contribution in [0.3, 0.4) is 0 Å². The lowest BCUT2D eigenvalue weighted by atomic mass is 10.3. The number of halogens is 2. The summed E-state index contributed by atoms with van der Waals surface area (Å²) >= 11 is 12.6. The van der Waals surface area contributed by atoms with E-state index in [-0.39, 0.29) is 13.0 Å². The molecule has 0 radical (unpaired) electrons. The number of carbonyl (C=O) groups excluding carboxylic acids is 1. The highest BCUT2D eigenvalue weighted by Gasteiger charge is 2.13. The van der Waals surface area contributed by atoms with Crippen LogP contribution in [0.4, 0.5) is 0 Å². The Labute approximate surface area is 119 Å². The van der Waals surface area contributed by atoms with E-state index in [1.807, 2.05) is 0 Å². The van der Waals surface area contributed by atoms with E-state index < -0.39 is 5.97 Å². The van der Waals surface area contributed by atoms with Crippen molar-refractivity contribution in [1.82, 2.24) is 4.98 Å². The highest BCUT2D eigenvalue weighted by Crippen LogP contribution is 2.27. The monoisotopic (exact) mass is 313 g/mol. The molecule has 1 aromatic rings. The summed E-state index contributed by atoms with van der Waals surface area (Å²) in [4.78, 5) is 15.3. The Hall–Kier alpha value is -0.400. The van der Waals surface area contributed by atoms with Gasteiger partial charge in [-0.1, -0.05) is 34.5 Å². The van der Waals surface area contributed by atoms with E-state index in [4.69, 9.17) is 37.4 Å².